The third kappa shape index (κ3) is 3.72. The smallest absolute Gasteiger partial charge is 0.254 e. The number of phenolic OH excluding ortho intramolecular Hbond substituents is 1. The van der Waals surface area contributed by atoms with Gasteiger partial charge in [-0.2, -0.15) is 0 Å². The number of ether oxygens (including phenoxy) is 1. The van der Waals surface area contributed by atoms with Gasteiger partial charge < -0.3 is 14.7 Å². The fourth-order valence-electron chi connectivity index (χ4n) is 1.92. The van der Waals surface area contributed by atoms with Crippen LogP contribution >= 0.6 is 15.9 Å². The Labute approximate surface area is 131 Å². The summed E-state index contributed by atoms with van der Waals surface area (Å²) in [5, 5.41) is 9.57. The molecule has 21 heavy (non-hydrogen) atoms. The van der Waals surface area contributed by atoms with E-state index in [1.807, 2.05) is 0 Å². The first-order valence-electron chi connectivity index (χ1n) is 6.24. The van der Waals surface area contributed by atoms with Gasteiger partial charge in [0.05, 0.1) is 7.11 Å². The summed E-state index contributed by atoms with van der Waals surface area (Å²) in [7, 11) is 3.21. The number of benzene rings is 1. The van der Waals surface area contributed by atoms with Crippen molar-refractivity contribution in [3.05, 3.63) is 52.3 Å². The molecule has 0 spiro atoms. The number of carbonyl (C=O) groups excluding carboxylic acids is 1. The summed E-state index contributed by atoms with van der Waals surface area (Å²) >= 11 is 3.25. The third-order valence-corrected chi connectivity index (χ3v) is 3.42. The van der Waals surface area contributed by atoms with E-state index in [1.54, 1.807) is 48.5 Å². The molecule has 1 N–H and O–H groups in total. The molecular formula is C15H15BrN2O3. The van der Waals surface area contributed by atoms with Crippen LogP contribution in [0.1, 0.15) is 15.9 Å². The van der Waals surface area contributed by atoms with Crippen LogP contribution in [0.15, 0.2) is 41.1 Å². The number of carbonyl (C=O) groups is 1. The number of nitrogens with zero attached hydrogens (tertiary/aromatic N) is 2. The number of hydrogen-bond acceptors (Lipinski definition) is 4. The van der Waals surface area contributed by atoms with E-state index in [9.17, 15) is 9.90 Å². The van der Waals surface area contributed by atoms with Crippen molar-refractivity contribution in [2.45, 2.75) is 6.54 Å². The van der Waals surface area contributed by atoms with Crippen LogP contribution in [0.25, 0.3) is 0 Å². The number of halogens is 1. The largest absolute Gasteiger partial charge is 0.504 e. The molecule has 0 atom stereocenters. The minimum atomic E-state index is -0.106. The van der Waals surface area contributed by atoms with Crippen LogP contribution in [0.5, 0.6) is 11.5 Å². The quantitative estimate of drug-likeness (QED) is 0.861. The number of aromatic hydroxyl groups is 1. The standard InChI is InChI=1S/C15H15BrN2O3/c1-18(15(20)11-5-6-17-14(16)8-11)9-10-3-4-12(19)13(7-10)21-2/h3-8,19H,9H2,1-2H3. The average molecular weight is 351 g/mol. The highest BCUT2D eigenvalue weighted by atomic mass is 79.9. The molecule has 0 aliphatic carbocycles. The maximum absolute atomic E-state index is 12.3. The molecule has 6 heteroatoms. The normalized spacial score (nSPS) is 10.2. The molecule has 110 valence electrons. The molecule has 0 saturated carbocycles. The number of pyridine rings is 1. The summed E-state index contributed by atoms with van der Waals surface area (Å²) in [6, 6.07) is 8.36. The Morgan fingerprint density at radius 1 is 1.38 bits per heavy atom. The van der Waals surface area contributed by atoms with Crippen LogP contribution in [-0.2, 0) is 6.54 Å². The highest BCUT2D eigenvalue weighted by Gasteiger charge is 2.13. The van der Waals surface area contributed by atoms with Crippen LogP contribution in [0.2, 0.25) is 0 Å². The maximum atomic E-state index is 12.3. The molecule has 1 aromatic heterocycles. The average Bonchev–Trinajstić information content (AvgIpc) is 2.48. The number of aromatic nitrogens is 1. The Hall–Kier alpha value is -2.08. The van der Waals surface area contributed by atoms with Crippen LogP contribution in [0, 0.1) is 0 Å². The second-order valence-corrected chi connectivity index (χ2v) is 5.35. The van der Waals surface area contributed by atoms with E-state index in [0.717, 1.165) is 5.56 Å². The van der Waals surface area contributed by atoms with Gasteiger partial charge >= 0.3 is 0 Å². The molecule has 0 saturated heterocycles. The van der Waals surface area contributed by atoms with Crippen molar-refractivity contribution in [1.82, 2.24) is 9.88 Å². The minimum absolute atomic E-state index is 0.0771. The van der Waals surface area contributed by atoms with Gasteiger partial charge in [0.15, 0.2) is 11.5 Å². The summed E-state index contributed by atoms with van der Waals surface area (Å²) in [5.74, 6) is 0.360. The van der Waals surface area contributed by atoms with Crippen LogP contribution < -0.4 is 4.74 Å². The lowest BCUT2D eigenvalue weighted by Crippen LogP contribution is -2.26. The van der Waals surface area contributed by atoms with Crippen molar-refractivity contribution in [1.29, 1.82) is 0 Å². The second kappa shape index (κ2) is 6.58. The molecule has 1 aromatic carbocycles. The number of amides is 1. The molecule has 5 nitrogen and oxygen atoms in total. The van der Waals surface area contributed by atoms with Crippen molar-refractivity contribution in [2.75, 3.05) is 14.2 Å². The molecule has 0 bridgehead atoms. The zero-order valence-electron chi connectivity index (χ0n) is 11.7. The molecule has 2 aromatic rings. The molecule has 0 radical (unpaired) electrons. The monoisotopic (exact) mass is 350 g/mol. The van der Waals surface area contributed by atoms with E-state index in [1.165, 1.54) is 7.11 Å². The molecule has 0 unspecified atom stereocenters. The molecule has 0 aliphatic rings. The van der Waals surface area contributed by atoms with E-state index in [0.29, 0.717) is 22.5 Å². The fraction of sp³-hybridized carbons (Fsp3) is 0.200. The van der Waals surface area contributed by atoms with Gasteiger partial charge in [0, 0.05) is 25.4 Å². The number of hydrogen-bond donors (Lipinski definition) is 1. The van der Waals surface area contributed by atoms with E-state index in [2.05, 4.69) is 20.9 Å². The van der Waals surface area contributed by atoms with Gasteiger partial charge in [-0.3, -0.25) is 4.79 Å². The van der Waals surface area contributed by atoms with E-state index in [4.69, 9.17) is 4.74 Å². The van der Waals surface area contributed by atoms with Gasteiger partial charge in [0.1, 0.15) is 4.60 Å². The zero-order valence-corrected chi connectivity index (χ0v) is 13.3. The van der Waals surface area contributed by atoms with Gasteiger partial charge in [-0.25, -0.2) is 4.98 Å². The molecular weight excluding hydrogens is 336 g/mol. The first kappa shape index (κ1) is 15.3. The molecule has 1 heterocycles. The summed E-state index contributed by atoms with van der Waals surface area (Å²) in [6.45, 7) is 0.412. The topological polar surface area (TPSA) is 62.7 Å². The molecule has 0 aliphatic heterocycles. The lowest BCUT2D eigenvalue weighted by atomic mass is 10.1. The van der Waals surface area contributed by atoms with E-state index >= 15 is 0 Å². The lowest BCUT2D eigenvalue weighted by molar-refractivity contribution is 0.0785. The lowest BCUT2D eigenvalue weighted by Gasteiger charge is -2.18. The van der Waals surface area contributed by atoms with Gasteiger partial charge in [-0.15, -0.1) is 0 Å². The Morgan fingerprint density at radius 3 is 2.81 bits per heavy atom. The van der Waals surface area contributed by atoms with E-state index < -0.39 is 0 Å². The predicted octanol–water partition coefficient (Wildman–Crippen LogP) is 2.83. The maximum Gasteiger partial charge on any atom is 0.254 e. The number of phenols is 1. The van der Waals surface area contributed by atoms with Crippen LogP contribution in [-0.4, -0.2) is 35.1 Å². The van der Waals surface area contributed by atoms with Crippen LogP contribution in [0.3, 0.4) is 0 Å². The summed E-state index contributed by atoms with van der Waals surface area (Å²) in [4.78, 5) is 17.9. The molecule has 1 amide bonds. The SMILES string of the molecule is COc1cc(CN(C)C(=O)c2ccnc(Br)c2)ccc1O. The first-order valence-corrected chi connectivity index (χ1v) is 7.03. The zero-order chi connectivity index (χ0) is 15.4. The van der Waals surface area contributed by atoms with Crippen molar-refractivity contribution >= 4 is 21.8 Å². The van der Waals surface area contributed by atoms with Gasteiger partial charge in [0.25, 0.3) is 5.91 Å². The van der Waals surface area contributed by atoms with Crippen molar-refractivity contribution < 1.29 is 14.6 Å². The van der Waals surface area contributed by atoms with Gasteiger partial charge in [0.2, 0.25) is 0 Å². The first-order chi connectivity index (χ1) is 10.0. The Bertz CT molecular complexity index is 661. The highest BCUT2D eigenvalue weighted by molar-refractivity contribution is 9.10. The summed E-state index contributed by atoms with van der Waals surface area (Å²) < 4.78 is 5.68. The fourth-order valence-corrected chi connectivity index (χ4v) is 2.29. The minimum Gasteiger partial charge on any atom is -0.504 e. The van der Waals surface area contributed by atoms with E-state index in [-0.39, 0.29) is 11.7 Å². The molecule has 0 fully saturated rings. The number of rotatable bonds is 4. The van der Waals surface area contributed by atoms with Crippen molar-refractivity contribution in [3.63, 3.8) is 0 Å². The van der Waals surface area contributed by atoms with Crippen molar-refractivity contribution in [3.8, 4) is 11.5 Å². The summed E-state index contributed by atoms with van der Waals surface area (Å²) in [6.07, 6.45) is 1.58. The second-order valence-electron chi connectivity index (χ2n) is 4.53. The highest BCUT2D eigenvalue weighted by Crippen LogP contribution is 2.26. The van der Waals surface area contributed by atoms with Gasteiger partial charge in [-0.1, -0.05) is 6.07 Å². The van der Waals surface area contributed by atoms with Gasteiger partial charge in [-0.05, 0) is 45.8 Å². The van der Waals surface area contributed by atoms with Crippen LogP contribution in [0.4, 0.5) is 0 Å². The Morgan fingerprint density at radius 2 is 2.14 bits per heavy atom. The Balaban J connectivity index is 2.14. The van der Waals surface area contributed by atoms with Crippen molar-refractivity contribution in [2.24, 2.45) is 0 Å². The molecule has 2 rings (SSSR count). The predicted molar refractivity (Wildman–Crippen MR) is 82.4 cm³/mol. The Kier molecular flexibility index (Phi) is 4.80. The summed E-state index contributed by atoms with van der Waals surface area (Å²) in [5.41, 5.74) is 1.43. The number of methoxy groups -OCH3 is 1. The third-order valence-electron chi connectivity index (χ3n) is 2.98.